The number of benzene rings is 2. The molecule has 21 heavy (non-hydrogen) atoms. The first-order valence-corrected chi connectivity index (χ1v) is 7.70. The van der Waals surface area contributed by atoms with Crippen molar-refractivity contribution < 1.29 is 4.39 Å². The van der Waals surface area contributed by atoms with Gasteiger partial charge in [-0.05, 0) is 54.8 Å². The molecule has 0 spiro atoms. The fraction of sp³-hybridized carbons (Fsp3) is 0.294. The van der Waals surface area contributed by atoms with Gasteiger partial charge in [0, 0.05) is 16.1 Å². The van der Waals surface area contributed by atoms with Crippen molar-refractivity contribution in [3.05, 3.63) is 69.0 Å². The predicted octanol–water partition coefficient (Wildman–Crippen LogP) is 5.33. The average Bonchev–Trinajstić information content (AvgIpc) is 2.44. The minimum Gasteiger partial charge on any atom is -0.310 e. The van der Waals surface area contributed by atoms with Crippen molar-refractivity contribution in [2.75, 3.05) is 6.54 Å². The van der Waals surface area contributed by atoms with Crippen molar-refractivity contribution in [1.29, 1.82) is 0 Å². The molecule has 1 unspecified atom stereocenters. The summed E-state index contributed by atoms with van der Waals surface area (Å²) in [6.07, 6.45) is 0.731. The monoisotopic (exact) mass is 325 g/mol. The van der Waals surface area contributed by atoms with Crippen LogP contribution >= 0.6 is 23.2 Å². The Balaban J connectivity index is 2.28. The summed E-state index contributed by atoms with van der Waals surface area (Å²) in [6, 6.07) is 10.8. The lowest BCUT2D eigenvalue weighted by Crippen LogP contribution is -2.23. The van der Waals surface area contributed by atoms with Crippen LogP contribution < -0.4 is 5.32 Å². The molecule has 2 rings (SSSR count). The first-order chi connectivity index (χ1) is 10.0. The fourth-order valence-electron chi connectivity index (χ4n) is 2.35. The second kappa shape index (κ2) is 7.26. The molecule has 0 aliphatic carbocycles. The molecule has 0 saturated carbocycles. The second-order valence-corrected chi connectivity index (χ2v) is 5.90. The highest BCUT2D eigenvalue weighted by atomic mass is 35.5. The van der Waals surface area contributed by atoms with Crippen LogP contribution in [0.2, 0.25) is 10.0 Å². The zero-order valence-corrected chi connectivity index (χ0v) is 13.6. The average molecular weight is 326 g/mol. The molecule has 0 radical (unpaired) electrons. The Morgan fingerprint density at radius 1 is 1.14 bits per heavy atom. The fourth-order valence-corrected chi connectivity index (χ4v) is 2.83. The molecule has 1 N–H and O–H groups in total. The molecular weight excluding hydrogens is 308 g/mol. The molecule has 0 amide bonds. The van der Waals surface area contributed by atoms with Gasteiger partial charge in [-0.1, -0.05) is 48.3 Å². The van der Waals surface area contributed by atoms with Crippen LogP contribution in [0.25, 0.3) is 0 Å². The lowest BCUT2D eigenvalue weighted by atomic mass is 9.97. The number of aryl methyl sites for hydroxylation is 1. The zero-order valence-electron chi connectivity index (χ0n) is 12.1. The summed E-state index contributed by atoms with van der Waals surface area (Å²) >= 11 is 12.2. The van der Waals surface area contributed by atoms with Crippen molar-refractivity contribution in [2.45, 2.75) is 26.3 Å². The van der Waals surface area contributed by atoms with E-state index in [1.165, 1.54) is 6.07 Å². The smallest absolute Gasteiger partial charge is 0.126 e. The highest BCUT2D eigenvalue weighted by Gasteiger charge is 2.14. The van der Waals surface area contributed by atoms with Gasteiger partial charge in [-0.15, -0.1) is 0 Å². The standard InChI is InChI=1S/C17H18Cl2FN/c1-3-21-17(13-5-7-16(20)11(2)8-13)9-12-4-6-14(18)10-15(12)19/h4-8,10,17,21H,3,9H2,1-2H3. The summed E-state index contributed by atoms with van der Waals surface area (Å²) in [5.41, 5.74) is 2.73. The minimum absolute atomic E-state index is 0.0907. The Morgan fingerprint density at radius 2 is 1.90 bits per heavy atom. The van der Waals surface area contributed by atoms with E-state index >= 15 is 0 Å². The summed E-state index contributed by atoms with van der Waals surface area (Å²) in [4.78, 5) is 0. The van der Waals surface area contributed by atoms with Gasteiger partial charge in [-0.3, -0.25) is 0 Å². The van der Waals surface area contributed by atoms with Gasteiger partial charge in [-0.2, -0.15) is 0 Å². The third-order valence-electron chi connectivity index (χ3n) is 3.47. The van der Waals surface area contributed by atoms with Gasteiger partial charge in [0.2, 0.25) is 0 Å². The molecule has 1 atom stereocenters. The molecule has 0 saturated heterocycles. The van der Waals surface area contributed by atoms with Gasteiger partial charge >= 0.3 is 0 Å². The van der Waals surface area contributed by atoms with E-state index in [9.17, 15) is 4.39 Å². The lowest BCUT2D eigenvalue weighted by Gasteiger charge is -2.20. The van der Waals surface area contributed by atoms with Crippen molar-refractivity contribution in [2.24, 2.45) is 0 Å². The molecule has 0 heterocycles. The van der Waals surface area contributed by atoms with Crippen LogP contribution in [0.5, 0.6) is 0 Å². The van der Waals surface area contributed by atoms with Crippen molar-refractivity contribution in [3.63, 3.8) is 0 Å². The van der Waals surface area contributed by atoms with Gasteiger partial charge in [0.15, 0.2) is 0 Å². The number of likely N-dealkylation sites (N-methyl/N-ethyl adjacent to an activating group) is 1. The molecule has 1 nitrogen and oxygen atoms in total. The molecule has 0 aromatic heterocycles. The molecule has 0 aliphatic rings. The second-order valence-electron chi connectivity index (χ2n) is 5.06. The lowest BCUT2D eigenvalue weighted by molar-refractivity contribution is 0.546. The number of rotatable bonds is 5. The molecule has 2 aromatic carbocycles. The maximum atomic E-state index is 13.4. The van der Waals surface area contributed by atoms with Crippen LogP contribution in [0.4, 0.5) is 4.39 Å². The maximum absolute atomic E-state index is 13.4. The number of halogens is 3. The topological polar surface area (TPSA) is 12.0 Å². The summed E-state index contributed by atoms with van der Waals surface area (Å²) in [5, 5.41) is 4.70. The first kappa shape index (κ1) is 16.3. The third-order valence-corrected chi connectivity index (χ3v) is 4.06. The van der Waals surface area contributed by atoms with E-state index in [0.29, 0.717) is 15.6 Å². The molecular formula is C17H18Cl2FN. The Kier molecular flexibility index (Phi) is 5.63. The summed E-state index contributed by atoms with van der Waals surface area (Å²) in [7, 11) is 0. The summed E-state index contributed by atoms with van der Waals surface area (Å²) in [6.45, 7) is 4.65. The molecule has 4 heteroatoms. The van der Waals surface area contributed by atoms with E-state index in [2.05, 4.69) is 5.32 Å². The van der Waals surface area contributed by atoms with E-state index in [1.54, 1.807) is 13.0 Å². The molecule has 2 aromatic rings. The largest absolute Gasteiger partial charge is 0.310 e. The quantitative estimate of drug-likeness (QED) is 0.782. The van der Waals surface area contributed by atoms with Gasteiger partial charge in [0.05, 0.1) is 0 Å². The van der Waals surface area contributed by atoms with E-state index in [4.69, 9.17) is 23.2 Å². The third kappa shape index (κ3) is 4.19. The van der Waals surface area contributed by atoms with Gasteiger partial charge in [-0.25, -0.2) is 4.39 Å². The number of nitrogens with one attached hydrogen (secondary N) is 1. The molecule has 112 valence electrons. The number of hydrogen-bond donors (Lipinski definition) is 1. The SMILES string of the molecule is CCNC(Cc1ccc(Cl)cc1Cl)c1ccc(F)c(C)c1. The van der Waals surface area contributed by atoms with Crippen LogP contribution in [0, 0.1) is 12.7 Å². The predicted molar refractivity (Wildman–Crippen MR) is 87.7 cm³/mol. The van der Waals surface area contributed by atoms with Crippen molar-refractivity contribution in [3.8, 4) is 0 Å². The van der Waals surface area contributed by atoms with Gasteiger partial charge < -0.3 is 5.32 Å². The highest BCUT2D eigenvalue weighted by molar-refractivity contribution is 6.35. The molecule has 0 fully saturated rings. The Bertz CT molecular complexity index is 628. The maximum Gasteiger partial charge on any atom is 0.126 e. The van der Waals surface area contributed by atoms with Crippen LogP contribution in [0.15, 0.2) is 36.4 Å². The van der Waals surface area contributed by atoms with E-state index < -0.39 is 0 Å². The first-order valence-electron chi connectivity index (χ1n) is 6.94. The Labute approximate surface area is 135 Å². The van der Waals surface area contributed by atoms with E-state index in [0.717, 1.165) is 24.1 Å². The Hall–Kier alpha value is -1.09. The van der Waals surface area contributed by atoms with E-state index in [-0.39, 0.29) is 11.9 Å². The Morgan fingerprint density at radius 3 is 2.52 bits per heavy atom. The van der Waals surface area contributed by atoms with Crippen LogP contribution in [0.1, 0.15) is 29.7 Å². The molecule has 0 bridgehead atoms. The van der Waals surface area contributed by atoms with Crippen LogP contribution in [-0.2, 0) is 6.42 Å². The van der Waals surface area contributed by atoms with Crippen molar-refractivity contribution >= 4 is 23.2 Å². The summed E-state index contributed by atoms with van der Waals surface area (Å²) < 4.78 is 13.4. The van der Waals surface area contributed by atoms with Gasteiger partial charge in [0.25, 0.3) is 0 Å². The normalized spacial score (nSPS) is 12.4. The van der Waals surface area contributed by atoms with Gasteiger partial charge in [0.1, 0.15) is 5.82 Å². The zero-order chi connectivity index (χ0) is 15.4. The minimum atomic E-state index is -0.182. The van der Waals surface area contributed by atoms with Crippen LogP contribution in [0.3, 0.4) is 0 Å². The van der Waals surface area contributed by atoms with Crippen LogP contribution in [-0.4, -0.2) is 6.54 Å². The number of hydrogen-bond acceptors (Lipinski definition) is 1. The van der Waals surface area contributed by atoms with Crippen molar-refractivity contribution in [1.82, 2.24) is 5.32 Å². The molecule has 0 aliphatic heterocycles. The summed E-state index contributed by atoms with van der Waals surface area (Å²) in [5.74, 6) is -0.182. The van der Waals surface area contributed by atoms with E-state index in [1.807, 2.05) is 31.2 Å². The highest BCUT2D eigenvalue weighted by Crippen LogP contribution is 2.27.